The van der Waals surface area contributed by atoms with Gasteiger partial charge in [-0.05, 0) is 24.6 Å². The van der Waals surface area contributed by atoms with Crippen LogP contribution in [-0.2, 0) is 4.79 Å². The van der Waals surface area contributed by atoms with E-state index in [4.69, 9.17) is 33.0 Å². The molecule has 0 saturated heterocycles. The Labute approximate surface area is 110 Å². The monoisotopic (exact) mass is 274 g/mol. The van der Waals surface area contributed by atoms with Gasteiger partial charge in [0.25, 0.3) is 0 Å². The molecule has 0 aliphatic heterocycles. The quantitative estimate of drug-likeness (QED) is 0.829. The molecule has 1 N–H and O–H groups in total. The molecule has 1 rings (SSSR count). The molecule has 0 amide bonds. The molecule has 3 nitrogen and oxygen atoms in total. The van der Waals surface area contributed by atoms with Gasteiger partial charge >= 0.3 is 5.97 Å². The average Bonchev–Trinajstić information content (AvgIpc) is 2.24. The molecule has 1 aromatic rings. The van der Waals surface area contributed by atoms with Crippen LogP contribution in [-0.4, -0.2) is 17.7 Å². The molecule has 0 radical (unpaired) electrons. The van der Waals surface area contributed by atoms with Crippen LogP contribution in [0.5, 0.6) is 5.75 Å². The van der Waals surface area contributed by atoms with Crippen LogP contribution in [0.1, 0.15) is 18.9 Å². The van der Waals surface area contributed by atoms with Gasteiger partial charge in [0.2, 0.25) is 0 Å². The molecule has 0 heterocycles. The second kappa shape index (κ2) is 6.52. The smallest absolute Gasteiger partial charge is 0.328 e. The highest BCUT2D eigenvalue weighted by Crippen LogP contribution is 2.33. The van der Waals surface area contributed by atoms with Crippen LogP contribution >= 0.6 is 23.2 Å². The van der Waals surface area contributed by atoms with E-state index in [1.54, 1.807) is 12.1 Å². The van der Waals surface area contributed by atoms with Gasteiger partial charge in [0.1, 0.15) is 5.75 Å². The Kier molecular flexibility index (Phi) is 5.32. The van der Waals surface area contributed by atoms with Gasteiger partial charge in [0.05, 0.1) is 11.6 Å². The number of benzene rings is 1. The largest absolute Gasteiger partial charge is 0.491 e. The first-order valence-corrected chi connectivity index (χ1v) is 5.83. The fourth-order valence-electron chi connectivity index (χ4n) is 1.22. The lowest BCUT2D eigenvalue weighted by Gasteiger charge is -2.10. The predicted molar refractivity (Wildman–Crippen MR) is 68.9 cm³/mol. The molecule has 0 fully saturated rings. The summed E-state index contributed by atoms with van der Waals surface area (Å²) in [7, 11) is 0. The van der Waals surface area contributed by atoms with Crippen molar-refractivity contribution in [1.82, 2.24) is 0 Å². The molecule has 0 atom stereocenters. The zero-order chi connectivity index (χ0) is 12.8. The SMILES string of the molecule is CCCOc1c(Cl)cc(Cl)cc1/C=C/C(=O)O. The summed E-state index contributed by atoms with van der Waals surface area (Å²) in [6.07, 6.45) is 3.26. The van der Waals surface area contributed by atoms with Gasteiger partial charge in [-0.3, -0.25) is 0 Å². The highest BCUT2D eigenvalue weighted by Gasteiger charge is 2.08. The van der Waals surface area contributed by atoms with E-state index in [0.29, 0.717) is 28.0 Å². The first kappa shape index (κ1) is 13.9. The molecule has 0 aromatic heterocycles. The van der Waals surface area contributed by atoms with Crippen LogP contribution in [0.2, 0.25) is 10.0 Å². The number of halogens is 2. The first-order valence-electron chi connectivity index (χ1n) is 5.07. The summed E-state index contributed by atoms with van der Waals surface area (Å²) in [5.41, 5.74) is 0.554. The number of rotatable bonds is 5. The van der Waals surface area contributed by atoms with Crippen molar-refractivity contribution in [2.45, 2.75) is 13.3 Å². The lowest BCUT2D eigenvalue weighted by Crippen LogP contribution is -1.98. The number of carboxylic acid groups (broad SMARTS) is 1. The lowest BCUT2D eigenvalue weighted by molar-refractivity contribution is -0.131. The van der Waals surface area contributed by atoms with Crippen molar-refractivity contribution < 1.29 is 14.6 Å². The molecule has 0 spiro atoms. The maximum atomic E-state index is 10.5. The zero-order valence-corrected chi connectivity index (χ0v) is 10.8. The predicted octanol–water partition coefficient (Wildman–Crippen LogP) is 3.88. The lowest BCUT2D eigenvalue weighted by atomic mass is 10.2. The maximum Gasteiger partial charge on any atom is 0.328 e. The van der Waals surface area contributed by atoms with Crippen molar-refractivity contribution in [3.05, 3.63) is 33.8 Å². The number of carbonyl (C=O) groups is 1. The molecule has 0 saturated carbocycles. The van der Waals surface area contributed by atoms with Gasteiger partial charge in [-0.2, -0.15) is 0 Å². The third kappa shape index (κ3) is 4.29. The second-order valence-corrected chi connectivity index (χ2v) is 4.17. The fourth-order valence-corrected chi connectivity index (χ4v) is 1.79. The summed E-state index contributed by atoms with van der Waals surface area (Å²) in [4.78, 5) is 10.5. The normalized spacial score (nSPS) is 10.8. The minimum Gasteiger partial charge on any atom is -0.491 e. The van der Waals surface area contributed by atoms with Gasteiger partial charge < -0.3 is 9.84 Å². The van der Waals surface area contributed by atoms with Crippen molar-refractivity contribution in [2.75, 3.05) is 6.61 Å². The number of hydrogen-bond donors (Lipinski definition) is 1. The zero-order valence-electron chi connectivity index (χ0n) is 9.24. The van der Waals surface area contributed by atoms with Crippen LogP contribution in [0.4, 0.5) is 0 Å². The minimum absolute atomic E-state index is 0.371. The Morgan fingerprint density at radius 3 is 2.76 bits per heavy atom. The van der Waals surface area contributed by atoms with E-state index in [1.807, 2.05) is 6.92 Å². The van der Waals surface area contributed by atoms with E-state index in [-0.39, 0.29) is 0 Å². The van der Waals surface area contributed by atoms with Crippen LogP contribution in [0.15, 0.2) is 18.2 Å². The number of ether oxygens (including phenoxy) is 1. The van der Waals surface area contributed by atoms with Crippen molar-refractivity contribution in [2.24, 2.45) is 0 Å². The highest BCUT2D eigenvalue weighted by atomic mass is 35.5. The minimum atomic E-state index is -1.04. The van der Waals surface area contributed by atoms with Gasteiger partial charge in [0, 0.05) is 16.7 Å². The summed E-state index contributed by atoms with van der Waals surface area (Å²) < 4.78 is 5.47. The van der Waals surface area contributed by atoms with Crippen molar-refractivity contribution >= 4 is 35.2 Å². The van der Waals surface area contributed by atoms with E-state index in [2.05, 4.69) is 0 Å². The summed E-state index contributed by atoms with van der Waals surface area (Å²) in [5.74, 6) is -0.585. The third-order valence-electron chi connectivity index (χ3n) is 1.89. The van der Waals surface area contributed by atoms with E-state index >= 15 is 0 Å². The van der Waals surface area contributed by atoms with Crippen molar-refractivity contribution in [3.63, 3.8) is 0 Å². The Hall–Kier alpha value is -1.19. The van der Waals surface area contributed by atoms with Crippen LogP contribution in [0.3, 0.4) is 0 Å². The molecule has 92 valence electrons. The standard InChI is InChI=1S/C12H12Cl2O3/c1-2-5-17-12-8(3-4-11(15)16)6-9(13)7-10(12)14/h3-4,6-7H,2,5H2,1H3,(H,15,16)/b4-3+. The molecule has 0 unspecified atom stereocenters. The van der Waals surface area contributed by atoms with Gasteiger partial charge in [-0.25, -0.2) is 4.79 Å². The summed E-state index contributed by atoms with van der Waals surface area (Å²) in [6, 6.07) is 3.17. The molecule has 0 bridgehead atoms. The number of aliphatic carboxylic acids is 1. The van der Waals surface area contributed by atoms with Crippen molar-refractivity contribution in [1.29, 1.82) is 0 Å². The molecule has 5 heteroatoms. The Balaban J connectivity index is 3.10. The molecule has 0 aliphatic carbocycles. The number of hydrogen-bond acceptors (Lipinski definition) is 2. The number of carboxylic acids is 1. The fraction of sp³-hybridized carbons (Fsp3) is 0.250. The Morgan fingerprint density at radius 1 is 1.47 bits per heavy atom. The second-order valence-electron chi connectivity index (χ2n) is 3.33. The van der Waals surface area contributed by atoms with Crippen LogP contribution in [0, 0.1) is 0 Å². The Morgan fingerprint density at radius 2 is 2.18 bits per heavy atom. The van der Waals surface area contributed by atoms with E-state index in [9.17, 15) is 4.79 Å². The molecular formula is C12H12Cl2O3. The van der Waals surface area contributed by atoms with Gasteiger partial charge in [0.15, 0.2) is 0 Å². The highest BCUT2D eigenvalue weighted by molar-refractivity contribution is 6.35. The van der Waals surface area contributed by atoms with E-state index < -0.39 is 5.97 Å². The summed E-state index contributed by atoms with van der Waals surface area (Å²) in [5, 5.41) is 9.39. The maximum absolute atomic E-state index is 10.5. The van der Waals surface area contributed by atoms with E-state index in [0.717, 1.165) is 12.5 Å². The molecule has 0 aliphatic rings. The van der Waals surface area contributed by atoms with Gasteiger partial charge in [-0.1, -0.05) is 30.1 Å². The van der Waals surface area contributed by atoms with Crippen LogP contribution in [0.25, 0.3) is 6.08 Å². The summed E-state index contributed by atoms with van der Waals surface area (Å²) in [6.45, 7) is 2.48. The van der Waals surface area contributed by atoms with Gasteiger partial charge in [-0.15, -0.1) is 0 Å². The molecule has 17 heavy (non-hydrogen) atoms. The van der Waals surface area contributed by atoms with E-state index in [1.165, 1.54) is 6.08 Å². The first-order chi connectivity index (χ1) is 8.04. The van der Waals surface area contributed by atoms with Crippen LogP contribution < -0.4 is 4.74 Å². The third-order valence-corrected chi connectivity index (χ3v) is 2.39. The molecule has 1 aromatic carbocycles. The summed E-state index contributed by atoms with van der Waals surface area (Å²) >= 11 is 11.8. The topological polar surface area (TPSA) is 46.5 Å². The Bertz CT molecular complexity index is 442. The molecular weight excluding hydrogens is 263 g/mol. The average molecular weight is 275 g/mol. The van der Waals surface area contributed by atoms with Crippen molar-refractivity contribution in [3.8, 4) is 5.75 Å².